The summed E-state index contributed by atoms with van der Waals surface area (Å²) in [7, 11) is 0. The van der Waals surface area contributed by atoms with Crippen LogP contribution >= 0.6 is 0 Å². The van der Waals surface area contributed by atoms with Crippen LogP contribution in [0, 0.1) is 18.6 Å². The van der Waals surface area contributed by atoms with Crippen molar-refractivity contribution in [3.63, 3.8) is 0 Å². The number of carboxylic acids is 1. The maximum atomic E-state index is 13.0. The van der Waals surface area contributed by atoms with Gasteiger partial charge in [0.2, 0.25) is 0 Å². The van der Waals surface area contributed by atoms with Gasteiger partial charge in [-0.15, -0.1) is 0 Å². The number of hydrogen-bond acceptors (Lipinski definition) is 3. The topological polar surface area (TPSA) is 63.1 Å². The Labute approximate surface area is 101 Å². The van der Waals surface area contributed by atoms with Gasteiger partial charge in [0, 0.05) is 23.4 Å². The third-order valence-corrected chi connectivity index (χ3v) is 2.30. The molecule has 1 heterocycles. The van der Waals surface area contributed by atoms with Gasteiger partial charge in [0.1, 0.15) is 11.6 Å². The number of carboxylic acid groups (broad SMARTS) is 1. The minimum atomic E-state index is -1.21. The van der Waals surface area contributed by atoms with E-state index in [2.05, 4.69) is 9.97 Å². The third kappa shape index (κ3) is 2.32. The van der Waals surface area contributed by atoms with Gasteiger partial charge in [-0.1, -0.05) is 0 Å². The average Bonchev–Trinajstić information content (AvgIpc) is 2.27. The fraction of sp³-hybridized carbons (Fsp3) is 0.0833. The van der Waals surface area contributed by atoms with Crippen LogP contribution in [0.25, 0.3) is 11.4 Å². The van der Waals surface area contributed by atoms with Crippen molar-refractivity contribution in [1.82, 2.24) is 9.97 Å². The third-order valence-electron chi connectivity index (χ3n) is 2.30. The zero-order valence-corrected chi connectivity index (χ0v) is 9.32. The van der Waals surface area contributed by atoms with Gasteiger partial charge in [-0.3, -0.25) is 0 Å². The van der Waals surface area contributed by atoms with Crippen LogP contribution in [-0.2, 0) is 0 Å². The molecule has 0 aliphatic carbocycles. The molecule has 0 fully saturated rings. The second kappa shape index (κ2) is 4.48. The summed E-state index contributed by atoms with van der Waals surface area (Å²) in [4.78, 5) is 18.5. The van der Waals surface area contributed by atoms with Crippen molar-refractivity contribution >= 4 is 5.97 Å². The smallest absolute Gasteiger partial charge is 0.354 e. The molecule has 6 heteroatoms. The summed E-state index contributed by atoms with van der Waals surface area (Å²) < 4.78 is 26.1. The Bertz CT molecular complexity index is 609. The van der Waals surface area contributed by atoms with Gasteiger partial charge < -0.3 is 5.11 Å². The molecule has 0 amide bonds. The Kier molecular flexibility index (Phi) is 3.01. The van der Waals surface area contributed by atoms with E-state index in [1.165, 1.54) is 6.20 Å². The summed E-state index contributed by atoms with van der Waals surface area (Å²) in [6, 6.07) is 2.80. The van der Waals surface area contributed by atoms with Crippen molar-refractivity contribution in [3.05, 3.63) is 47.3 Å². The highest BCUT2D eigenvalue weighted by molar-refractivity contribution is 5.87. The van der Waals surface area contributed by atoms with Crippen LogP contribution in [0.3, 0.4) is 0 Å². The van der Waals surface area contributed by atoms with Gasteiger partial charge in [0.25, 0.3) is 0 Å². The second-order valence-electron chi connectivity index (χ2n) is 3.69. The molecule has 92 valence electrons. The standard InChI is InChI=1S/C12H8F2N2O2/c1-6-5-15-11(16-10(6)12(17)18)7-2-8(13)4-9(14)3-7/h2-5H,1H3,(H,17,18). The van der Waals surface area contributed by atoms with Crippen molar-refractivity contribution in [2.45, 2.75) is 6.92 Å². The number of hydrogen-bond donors (Lipinski definition) is 1. The fourth-order valence-corrected chi connectivity index (χ4v) is 1.48. The number of halogens is 2. The van der Waals surface area contributed by atoms with Gasteiger partial charge >= 0.3 is 5.97 Å². The van der Waals surface area contributed by atoms with Crippen molar-refractivity contribution in [2.75, 3.05) is 0 Å². The summed E-state index contributed by atoms with van der Waals surface area (Å²) in [5.74, 6) is -2.79. The molecule has 0 spiro atoms. The largest absolute Gasteiger partial charge is 0.477 e. The van der Waals surface area contributed by atoms with Crippen molar-refractivity contribution in [2.24, 2.45) is 0 Å². The van der Waals surface area contributed by atoms with E-state index < -0.39 is 17.6 Å². The highest BCUT2D eigenvalue weighted by Gasteiger charge is 2.13. The van der Waals surface area contributed by atoms with Crippen LogP contribution in [-0.4, -0.2) is 21.0 Å². The minimum Gasteiger partial charge on any atom is -0.477 e. The first-order valence-corrected chi connectivity index (χ1v) is 5.01. The van der Waals surface area contributed by atoms with Gasteiger partial charge in [-0.05, 0) is 19.1 Å². The fourth-order valence-electron chi connectivity index (χ4n) is 1.48. The molecule has 1 aromatic carbocycles. The number of carbonyl (C=O) groups is 1. The number of aromatic carboxylic acids is 1. The summed E-state index contributed by atoms with van der Waals surface area (Å²) >= 11 is 0. The highest BCUT2D eigenvalue weighted by Crippen LogP contribution is 2.19. The summed E-state index contributed by atoms with van der Waals surface area (Å²) in [6.45, 7) is 1.54. The van der Waals surface area contributed by atoms with Gasteiger partial charge in [0.15, 0.2) is 11.5 Å². The van der Waals surface area contributed by atoms with E-state index in [0.717, 1.165) is 18.2 Å². The lowest BCUT2D eigenvalue weighted by Crippen LogP contribution is -2.06. The molecule has 4 nitrogen and oxygen atoms in total. The van der Waals surface area contributed by atoms with Crippen LogP contribution in [0.15, 0.2) is 24.4 Å². The van der Waals surface area contributed by atoms with Crippen LogP contribution in [0.2, 0.25) is 0 Å². The van der Waals surface area contributed by atoms with Gasteiger partial charge in [0.05, 0.1) is 0 Å². The molecule has 0 saturated carbocycles. The van der Waals surface area contributed by atoms with Crippen LogP contribution in [0.1, 0.15) is 16.1 Å². The number of aromatic nitrogens is 2. The normalized spacial score (nSPS) is 10.4. The van der Waals surface area contributed by atoms with E-state index in [9.17, 15) is 13.6 Å². The van der Waals surface area contributed by atoms with E-state index in [1.54, 1.807) is 6.92 Å². The number of rotatable bonds is 2. The second-order valence-corrected chi connectivity index (χ2v) is 3.69. The maximum absolute atomic E-state index is 13.0. The Hall–Kier alpha value is -2.37. The Morgan fingerprint density at radius 3 is 2.39 bits per heavy atom. The molecule has 1 aromatic heterocycles. The molecule has 2 aromatic rings. The van der Waals surface area contributed by atoms with Crippen molar-refractivity contribution < 1.29 is 18.7 Å². The van der Waals surface area contributed by atoms with Crippen LogP contribution in [0.4, 0.5) is 8.78 Å². The van der Waals surface area contributed by atoms with E-state index >= 15 is 0 Å². The zero-order chi connectivity index (χ0) is 13.3. The lowest BCUT2D eigenvalue weighted by molar-refractivity contribution is 0.0689. The van der Waals surface area contributed by atoms with E-state index in [1.807, 2.05) is 0 Å². The molecule has 2 rings (SSSR count). The van der Waals surface area contributed by atoms with Crippen LogP contribution in [0.5, 0.6) is 0 Å². The minimum absolute atomic E-state index is 0.0311. The van der Waals surface area contributed by atoms with E-state index in [4.69, 9.17) is 5.11 Å². The molecule has 0 aliphatic rings. The number of benzene rings is 1. The molecule has 0 radical (unpaired) electrons. The molecule has 0 aliphatic heterocycles. The molecular formula is C12H8F2N2O2. The number of nitrogens with zero attached hydrogens (tertiary/aromatic N) is 2. The van der Waals surface area contributed by atoms with E-state index in [-0.39, 0.29) is 17.1 Å². The summed E-state index contributed by atoms with van der Waals surface area (Å²) in [5.41, 5.74) is 0.280. The quantitative estimate of drug-likeness (QED) is 0.889. The van der Waals surface area contributed by atoms with Crippen LogP contribution < -0.4 is 0 Å². The SMILES string of the molecule is Cc1cnc(-c2cc(F)cc(F)c2)nc1C(=O)O. The first kappa shape index (κ1) is 12.1. The summed E-state index contributed by atoms with van der Waals surface area (Å²) in [6.07, 6.45) is 1.30. The molecule has 0 bridgehead atoms. The van der Waals surface area contributed by atoms with Crippen molar-refractivity contribution in [3.8, 4) is 11.4 Å². The molecule has 18 heavy (non-hydrogen) atoms. The Morgan fingerprint density at radius 2 is 1.83 bits per heavy atom. The lowest BCUT2D eigenvalue weighted by atomic mass is 10.2. The molecular weight excluding hydrogens is 242 g/mol. The van der Waals surface area contributed by atoms with Gasteiger partial charge in [-0.25, -0.2) is 23.5 Å². The zero-order valence-electron chi connectivity index (χ0n) is 9.32. The molecule has 1 N–H and O–H groups in total. The average molecular weight is 250 g/mol. The molecule has 0 unspecified atom stereocenters. The molecule has 0 atom stereocenters. The first-order valence-electron chi connectivity index (χ1n) is 5.01. The maximum Gasteiger partial charge on any atom is 0.354 e. The Morgan fingerprint density at radius 1 is 1.22 bits per heavy atom. The number of aryl methyl sites for hydroxylation is 1. The lowest BCUT2D eigenvalue weighted by Gasteiger charge is -2.04. The predicted octanol–water partition coefficient (Wildman–Crippen LogP) is 2.43. The molecule has 0 saturated heterocycles. The predicted molar refractivity (Wildman–Crippen MR) is 59.1 cm³/mol. The monoisotopic (exact) mass is 250 g/mol. The summed E-state index contributed by atoms with van der Waals surface area (Å²) in [5, 5.41) is 8.91. The van der Waals surface area contributed by atoms with Crippen molar-refractivity contribution in [1.29, 1.82) is 0 Å². The van der Waals surface area contributed by atoms with Gasteiger partial charge in [-0.2, -0.15) is 0 Å². The first-order chi connectivity index (χ1) is 8.47. The Balaban J connectivity index is 2.57. The highest BCUT2D eigenvalue weighted by atomic mass is 19.1. The van der Waals surface area contributed by atoms with E-state index in [0.29, 0.717) is 5.56 Å².